The highest BCUT2D eigenvalue weighted by Gasteiger charge is 2.02. The molecule has 1 N–H and O–H groups in total. The van der Waals surface area contributed by atoms with Crippen LogP contribution in [0.2, 0.25) is 0 Å². The van der Waals surface area contributed by atoms with Gasteiger partial charge in [-0.2, -0.15) is 0 Å². The molecular weight excluding hydrogens is 148 g/mol. The first kappa shape index (κ1) is 11.3. The molecule has 0 heterocycles. The van der Waals surface area contributed by atoms with E-state index in [1.807, 2.05) is 0 Å². The fourth-order valence-electron chi connectivity index (χ4n) is 0.932. The van der Waals surface area contributed by atoms with Crippen LogP contribution >= 0.6 is 0 Å². The number of aliphatic hydroxyl groups is 1. The molecule has 0 aliphatic rings. The molecule has 0 spiro atoms. The number of rotatable bonds is 5. The van der Waals surface area contributed by atoms with Crippen LogP contribution < -0.4 is 0 Å². The molecule has 1 unspecified atom stereocenters. The van der Waals surface area contributed by atoms with Crippen molar-refractivity contribution in [3.8, 4) is 12.3 Å². The van der Waals surface area contributed by atoms with Crippen LogP contribution in [0.1, 0.15) is 26.7 Å². The van der Waals surface area contributed by atoms with Gasteiger partial charge in [0.05, 0.1) is 0 Å². The zero-order chi connectivity index (χ0) is 9.40. The van der Waals surface area contributed by atoms with Gasteiger partial charge in [-0.1, -0.05) is 26.0 Å². The topological polar surface area (TPSA) is 20.2 Å². The van der Waals surface area contributed by atoms with Crippen LogP contribution in [-0.4, -0.2) is 11.7 Å². The maximum Gasteiger partial charge on any atom is 0.0471 e. The van der Waals surface area contributed by atoms with Crippen molar-refractivity contribution in [1.29, 1.82) is 0 Å². The first-order valence-electron chi connectivity index (χ1n) is 4.41. The van der Waals surface area contributed by atoms with E-state index in [4.69, 9.17) is 11.5 Å². The van der Waals surface area contributed by atoms with Gasteiger partial charge in [0, 0.05) is 13.0 Å². The van der Waals surface area contributed by atoms with Gasteiger partial charge in [0.1, 0.15) is 0 Å². The largest absolute Gasteiger partial charge is 0.396 e. The quantitative estimate of drug-likeness (QED) is 0.490. The first-order valence-corrected chi connectivity index (χ1v) is 4.41. The number of terminal acetylenes is 1. The van der Waals surface area contributed by atoms with E-state index in [1.54, 1.807) is 0 Å². The number of allylic oxidation sites excluding steroid dienone is 2. The van der Waals surface area contributed by atoms with E-state index in [-0.39, 0.29) is 12.5 Å². The highest BCUT2D eigenvalue weighted by Crippen LogP contribution is 2.08. The van der Waals surface area contributed by atoms with Crippen molar-refractivity contribution in [3.63, 3.8) is 0 Å². The Morgan fingerprint density at radius 2 is 2.17 bits per heavy atom. The number of aliphatic hydroxyl groups excluding tert-OH is 1. The summed E-state index contributed by atoms with van der Waals surface area (Å²) in [6.07, 6.45) is 10.9. The van der Waals surface area contributed by atoms with E-state index in [9.17, 15) is 0 Å². The molecule has 0 aromatic rings. The lowest BCUT2D eigenvalue weighted by Crippen LogP contribution is -2.03. The third kappa shape index (κ3) is 6.00. The van der Waals surface area contributed by atoms with Gasteiger partial charge in [0.25, 0.3) is 0 Å². The van der Waals surface area contributed by atoms with Gasteiger partial charge < -0.3 is 5.11 Å². The highest BCUT2D eigenvalue weighted by molar-refractivity contribution is 4.92. The molecule has 0 aliphatic carbocycles. The molecule has 0 aromatic carbocycles. The molecule has 0 aromatic heterocycles. The molecule has 0 radical (unpaired) electrons. The minimum Gasteiger partial charge on any atom is -0.396 e. The zero-order valence-electron chi connectivity index (χ0n) is 7.96. The van der Waals surface area contributed by atoms with Crippen molar-refractivity contribution in [2.24, 2.45) is 11.8 Å². The predicted molar refractivity (Wildman–Crippen MR) is 52.6 cm³/mol. The molecule has 0 amide bonds. The smallest absolute Gasteiger partial charge is 0.0471 e. The summed E-state index contributed by atoms with van der Waals surface area (Å²) < 4.78 is 0. The molecule has 0 fully saturated rings. The Morgan fingerprint density at radius 3 is 2.58 bits per heavy atom. The number of hydrogen-bond donors (Lipinski definition) is 1. The van der Waals surface area contributed by atoms with E-state index in [1.165, 1.54) is 0 Å². The Morgan fingerprint density at radius 1 is 1.50 bits per heavy atom. The molecule has 0 aliphatic heterocycles. The van der Waals surface area contributed by atoms with E-state index in [0.29, 0.717) is 12.3 Å². The van der Waals surface area contributed by atoms with Crippen LogP contribution in [0.15, 0.2) is 12.2 Å². The Labute approximate surface area is 75.5 Å². The van der Waals surface area contributed by atoms with Crippen molar-refractivity contribution < 1.29 is 5.11 Å². The average Bonchev–Trinajstić information content (AvgIpc) is 2.02. The van der Waals surface area contributed by atoms with Gasteiger partial charge in [0.2, 0.25) is 0 Å². The van der Waals surface area contributed by atoms with Gasteiger partial charge in [0.15, 0.2) is 0 Å². The third-order valence-electron chi connectivity index (χ3n) is 1.66. The van der Waals surface area contributed by atoms with Crippen molar-refractivity contribution in [2.75, 3.05) is 6.61 Å². The summed E-state index contributed by atoms with van der Waals surface area (Å²) >= 11 is 0. The summed E-state index contributed by atoms with van der Waals surface area (Å²) in [6, 6.07) is 0. The monoisotopic (exact) mass is 166 g/mol. The van der Waals surface area contributed by atoms with E-state index in [0.717, 1.165) is 6.42 Å². The van der Waals surface area contributed by atoms with E-state index < -0.39 is 0 Å². The molecule has 1 heteroatoms. The average molecular weight is 166 g/mol. The van der Waals surface area contributed by atoms with Crippen LogP contribution in [0.5, 0.6) is 0 Å². The molecule has 12 heavy (non-hydrogen) atoms. The molecule has 0 saturated carbocycles. The second-order valence-electron chi connectivity index (χ2n) is 3.36. The van der Waals surface area contributed by atoms with Crippen molar-refractivity contribution in [1.82, 2.24) is 0 Å². The third-order valence-corrected chi connectivity index (χ3v) is 1.66. The van der Waals surface area contributed by atoms with Crippen molar-refractivity contribution in [2.45, 2.75) is 26.7 Å². The van der Waals surface area contributed by atoms with Gasteiger partial charge in [-0.3, -0.25) is 0 Å². The van der Waals surface area contributed by atoms with Crippen molar-refractivity contribution >= 4 is 0 Å². The molecule has 68 valence electrons. The molecule has 0 rings (SSSR count). The van der Waals surface area contributed by atoms with E-state index >= 15 is 0 Å². The summed E-state index contributed by atoms with van der Waals surface area (Å²) in [5, 5.41) is 8.89. The lowest BCUT2D eigenvalue weighted by atomic mass is 10.0. The first-order chi connectivity index (χ1) is 5.70. The standard InChI is InChI=1S/C11H18O/c1-4-6-11(9-12)8-5-7-10(2)3/h1,5,7,10-12H,6,8-9H2,2-3H3/b7-5+. The summed E-state index contributed by atoms with van der Waals surface area (Å²) in [4.78, 5) is 0. The maximum absolute atomic E-state index is 8.89. The van der Waals surface area contributed by atoms with Crippen LogP contribution in [0.3, 0.4) is 0 Å². The summed E-state index contributed by atoms with van der Waals surface area (Å²) in [7, 11) is 0. The summed E-state index contributed by atoms with van der Waals surface area (Å²) in [5.41, 5.74) is 0. The predicted octanol–water partition coefficient (Wildman–Crippen LogP) is 2.22. The van der Waals surface area contributed by atoms with E-state index in [2.05, 4.69) is 31.9 Å². The SMILES string of the molecule is C#CCC(CO)C/C=C/C(C)C. The van der Waals surface area contributed by atoms with Gasteiger partial charge in [-0.25, -0.2) is 0 Å². The molecular formula is C11H18O. The fraction of sp³-hybridized carbons (Fsp3) is 0.636. The Kier molecular flexibility index (Phi) is 6.51. The molecule has 1 nitrogen and oxygen atoms in total. The number of hydrogen-bond acceptors (Lipinski definition) is 1. The Hall–Kier alpha value is -0.740. The maximum atomic E-state index is 8.89. The minimum atomic E-state index is 0.187. The van der Waals surface area contributed by atoms with Gasteiger partial charge in [-0.15, -0.1) is 12.3 Å². The Bertz CT molecular complexity index is 162. The van der Waals surface area contributed by atoms with Gasteiger partial charge >= 0.3 is 0 Å². The molecule has 0 saturated heterocycles. The second kappa shape index (κ2) is 6.94. The summed E-state index contributed by atoms with van der Waals surface area (Å²) in [6.45, 7) is 4.45. The van der Waals surface area contributed by atoms with Crippen LogP contribution in [0, 0.1) is 24.2 Å². The normalized spacial score (nSPS) is 13.6. The van der Waals surface area contributed by atoms with Crippen LogP contribution in [0.4, 0.5) is 0 Å². The fourth-order valence-corrected chi connectivity index (χ4v) is 0.932. The van der Waals surface area contributed by atoms with Crippen LogP contribution in [0.25, 0.3) is 0 Å². The minimum absolute atomic E-state index is 0.187. The lowest BCUT2D eigenvalue weighted by Gasteiger charge is -2.06. The Balaban J connectivity index is 3.65. The molecule has 1 atom stereocenters. The lowest BCUT2D eigenvalue weighted by molar-refractivity contribution is 0.230. The highest BCUT2D eigenvalue weighted by atomic mass is 16.3. The molecule has 0 bridgehead atoms. The van der Waals surface area contributed by atoms with Gasteiger partial charge in [-0.05, 0) is 18.3 Å². The second-order valence-corrected chi connectivity index (χ2v) is 3.36. The summed E-state index contributed by atoms with van der Waals surface area (Å²) in [5.74, 6) is 3.38. The zero-order valence-corrected chi connectivity index (χ0v) is 7.96. The van der Waals surface area contributed by atoms with Crippen molar-refractivity contribution in [3.05, 3.63) is 12.2 Å². The van der Waals surface area contributed by atoms with Crippen LogP contribution in [-0.2, 0) is 0 Å².